The molecule has 5 heteroatoms. The van der Waals surface area contributed by atoms with E-state index in [-0.39, 0.29) is 17.5 Å². The molecule has 0 spiro atoms. The van der Waals surface area contributed by atoms with Gasteiger partial charge in [0.2, 0.25) is 0 Å². The monoisotopic (exact) mass is 912 g/mol. The van der Waals surface area contributed by atoms with Crippen LogP contribution in [-0.2, 0) is 17.3 Å². The van der Waals surface area contributed by atoms with Crippen LogP contribution in [0, 0.1) is 6.92 Å². The third kappa shape index (κ3) is 8.09. The molecule has 0 amide bonds. The Balaban J connectivity index is 1.27. The molecule has 0 radical (unpaired) electrons. The lowest BCUT2D eigenvalue weighted by molar-refractivity contribution is 0.590. The molecule has 2 aromatic heterocycles. The largest absolute Gasteiger partial charge is 0.456 e. The Bertz CT molecular complexity index is 3380. The first-order valence-corrected chi connectivity index (χ1v) is 25.1. The molecule has 0 saturated heterocycles. The number of para-hydroxylation sites is 2. The molecule has 0 aliphatic carbocycles. The van der Waals surface area contributed by atoms with Crippen molar-refractivity contribution in [3.05, 3.63) is 233 Å². The van der Waals surface area contributed by atoms with Gasteiger partial charge in [0.15, 0.2) is 0 Å². The average Bonchev–Trinajstić information content (AvgIpc) is 3.98. The molecule has 0 bridgehead atoms. The fraction of sp³-hybridized carbons (Fsp3) is 0.156. The van der Waals surface area contributed by atoms with Crippen LogP contribution < -0.4 is 25.5 Å². The Morgan fingerprint density at radius 2 is 1.13 bits per heavy atom. The van der Waals surface area contributed by atoms with Gasteiger partial charge in [0.25, 0.3) is 6.71 Å². The molecule has 0 N–H and O–H groups in total. The van der Waals surface area contributed by atoms with Crippen LogP contribution in [-0.4, -0.2) is 6.71 Å². The maximum Gasteiger partial charge on any atom is 0.264 e. The molecule has 0 unspecified atom stereocenters. The third-order valence-corrected chi connectivity index (χ3v) is 14.9. The van der Waals surface area contributed by atoms with Crippen molar-refractivity contribution < 1.29 is 4.42 Å². The summed E-state index contributed by atoms with van der Waals surface area (Å²) >= 11 is 1.90. The molecule has 3 nitrogen and oxygen atoms in total. The minimum absolute atomic E-state index is 0.0112. The van der Waals surface area contributed by atoms with Crippen molar-refractivity contribution in [1.29, 1.82) is 0 Å². The molecule has 0 atom stereocenters. The van der Waals surface area contributed by atoms with E-state index in [1.165, 1.54) is 54.9 Å². The van der Waals surface area contributed by atoms with Gasteiger partial charge < -0.3 is 14.2 Å². The topological polar surface area (TPSA) is 19.6 Å². The van der Waals surface area contributed by atoms with Crippen molar-refractivity contribution in [2.24, 2.45) is 0 Å². The highest BCUT2D eigenvalue weighted by Crippen LogP contribution is 2.48. The van der Waals surface area contributed by atoms with Crippen LogP contribution >= 0.6 is 11.3 Å². The fourth-order valence-corrected chi connectivity index (χ4v) is 11.9. The van der Waals surface area contributed by atoms with Gasteiger partial charge in [0.1, 0.15) is 11.3 Å². The Kier molecular flexibility index (Phi) is 11.3. The molecule has 0 fully saturated rings. The maximum absolute atomic E-state index is 7.56. The van der Waals surface area contributed by atoms with E-state index in [1.807, 2.05) is 11.3 Å². The van der Waals surface area contributed by atoms with Gasteiger partial charge in [-0.15, -0.1) is 0 Å². The SMILES string of the molecule is Cc1cc(N(c2ccccc2)c2ccccc2)cc2c1B(c1c(Cc3ccccc3)ccc3c(-c4ccccc4)c(-c4ccccc4)oc13)c1scc(C(C)(C)C)c1N2c1ccc(C(C)(C)C)cc1. The number of furan rings is 1. The predicted octanol–water partition coefficient (Wildman–Crippen LogP) is 16.1. The number of anilines is 6. The van der Waals surface area contributed by atoms with Gasteiger partial charge in [0.05, 0.1) is 5.69 Å². The van der Waals surface area contributed by atoms with Gasteiger partial charge in [-0.05, 0) is 117 Å². The Hall–Kier alpha value is -7.34. The summed E-state index contributed by atoms with van der Waals surface area (Å²) in [6, 6.07) is 72.9. The summed E-state index contributed by atoms with van der Waals surface area (Å²) in [6.07, 6.45) is 0.762. The minimum Gasteiger partial charge on any atom is -0.456 e. The first kappa shape index (κ1) is 44.2. The highest BCUT2D eigenvalue weighted by Gasteiger charge is 2.44. The van der Waals surface area contributed by atoms with E-state index < -0.39 is 0 Å². The fourth-order valence-electron chi connectivity index (χ4n) is 10.5. The van der Waals surface area contributed by atoms with Crippen LogP contribution in [0.2, 0.25) is 0 Å². The summed E-state index contributed by atoms with van der Waals surface area (Å²) in [6.45, 7) is 16.1. The Morgan fingerprint density at radius 3 is 1.71 bits per heavy atom. The van der Waals surface area contributed by atoms with Gasteiger partial charge in [-0.1, -0.05) is 199 Å². The van der Waals surface area contributed by atoms with Crippen molar-refractivity contribution >= 4 is 78.8 Å². The first-order valence-electron chi connectivity index (χ1n) is 24.2. The zero-order valence-electron chi connectivity index (χ0n) is 40.6. The molecule has 69 heavy (non-hydrogen) atoms. The number of thiophene rings is 1. The van der Waals surface area contributed by atoms with E-state index in [0.29, 0.717) is 0 Å². The van der Waals surface area contributed by atoms with Crippen LogP contribution in [0.15, 0.2) is 210 Å². The number of aryl methyl sites for hydroxylation is 1. The molecule has 0 saturated carbocycles. The van der Waals surface area contributed by atoms with Crippen LogP contribution in [0.4, 0.5) is 34.1 Å². The van der Waals surface area contributed by atoms with E-state index in [4.69, 9.17) is 4.42 Å². The van der Waals surface area contributed by atoms with Crippen LogP contribution in [0.25, 0.3) is 33.4 Å². The van der Waals surface area contributed by atoms with Gasteiger partial charge in [-0.2, -0.15) is 11.3 Å². The van der Waals surface area contributed by atoms with E-state index in [9.17, 15) is 0 Å². The first-order chi connectivity index (χ1) is 33.4. The van der Waals surface area contributed by atoms with Gasteiger partial charge in [-0.3, -0.25) is 0 Å². The second-order valence-corrected chi connectivity index (χ2v) is 21.5. The van der Waals surface area contributed by atoms with Gasteiger partial charge >= 0.3 is 0 Å². The second-order valence-electron chi connectivity index (χ2n) is 20.6. The zero-order chi connectivity index (χ0) is 47.4. The maximum atomic E-state index is 7.56. The molecule has 1 aliphatic rings. The molecular formula is C64H57BN2OS. The second kappa shape index (κ2) is 17.6. The van der Waals surface area contributed by atoms with E-state index >= 15 is 0 Å². The van der Waals surface area contributed by atoms with Crippen molar-refractivity contribution in [1.82, 2.24) is 0 Å². The number of fused-ring (bicyclic) bond motifs is 3. The normalized spacial score (nSPS) is 12.6. The average molecular weight is 913 g/mol. The van der Waals surface area contributed by atoms with Crippen LogP contribution in [0.1, 0.15) is 69.4 Å². The van der Waals surface area contributed by atoms with E-state index in [1.54, 1.807) is 0 Å². The van der Waals surface area contributed by atoms with Crippen molar-refractivity contribution in [3.8, 4) is 22.5 Å². The van der Waals surface area contributed by atoms with Crippen molar-refractivity contribution in [3.63, 3.8) is 0 Å². The molecule has 11 rings (SSSR count). The summed E-state index contributed by atoms with van der Waals surface area (Å²) in [4.78, 5) is 5.00. The lowest BCUT2D eigenvalue weighted by Crippen LogP contribution is -2.58. The van der Waals surface area contributed by atoms with Crippen LogP contribution in [0.3, 0.4) is 0 Å². The summed E-state index contributed by atoms with van der Waals surface area (Å²) in [7, 11) is 0. The van der Waals surface area contributed by atoms with Crippen LogP contribution in [0.5, 0.6) is 0 Å². The molecular weight excluding hydrogens is 856 g/mol. The number of nitrogens with zero attached hydrogens (tertiary/aromatic N) is 2. The Labute approximate surface area is 412 Å². The number of hydrogen-bond acceptors (Lipinski definition) is 4. The molecule has 3 heterocycles. The van der Waals surface area contributed by atoms with E-state index in [0.717, 1.165) is 62.6 Å². The number of hydrogen-bond donors (Lipinski definition) is 0. The zero-order valence-corrected chi connectivity index (χ0v) is 41.4. The summed E-state index contributed by atoms with van der Waals surface area (Å²) < 4.78 is 8.89. The lowest BCUT2D eigenvalue weighted by Gasteiger charge is -2.40. The predicted molar refractivity (Wildman–Crippen MR) is 297 cm³/mol. The molecule has 1 aliphatic heterocycles. The lowest BCUT2D eigenvalue weighted by atomic mass is 9.36. The van der Waals surface area contributed by atoms with Crippen molar-refractivity contribution in [2.75, 3.05) is 9.80 Å². The highest BCUT2D eigenvalue weighted by molar-refractivity contribution is 7.28. The highest BCUT2D eigenvalue weighted by atomic mass is 32.1. The molecule has 10 aromatic rings. The standard InChI is InChI=1S/C64H57BN2OS/c1-43-39-52(66(49-29-19-11-20-30-49)50-31-21-12-22-32-50)41-55-57(43)65(62-59(54(42-69-62)64(5,6)7)67(55)51-36-34-48(35-37-51)63(2,3)4)58-47(40-44-23-13-8-14-24-44)33-38-53-56(45-25-15-9-16-26-45)60(68-61(53)58)46-27-17-10-18-28-46/h8-39,41-42H,40H2,1-7H3. The minimum atomic E-state index is -0.160. The smallest absolute Gasteiger partial charge is 0.264 e. The van der Waals surface area contributed by atoms with Gasteiger partial charge in [-0.25, -0.2) is 0 Å². The quantitative estimate of drug-likeness (QED) is 0.135. The number of rotatable bonds is 9. The molecule has 338 valence electrons. The summed E-state index contributed by atoms with van der Waals surface area (Å²) in [5.74, 6) is 0.890. The molecule has 8 aromatic carbocycles. The Morgan fingerprint density at radius 1 is 0.565 bits per heavy atom. The summed E-state index contributed by atoms with van der Waals surface area (Å²) in [5.41, 5.74) is 19.9. The van der Waals surface area contributed by atoms with E-state index in [2.05, 4.69) is 264 Å². The third-order valence-electron chi connectivity index (χ3n) is 13.9. The number of benzene rings is 8. The van der Waals surface area contributed by atoms with Gasteiger partial charge in [0, 0.05) is 49.7 Å². The van der Waals surface area contributed by atoms with Crippen molar-refractivity contribution in [2.45, 2.75) is 65.7 Å². The summed E-state index contributed by atoms with van der Waals surface area (Å²) in [5, 5.41) is 3.57.